The fraction of sp³-hybridized carbons (Fsp3) is 0.409. The van der Waals surface area contributed by atoms with Crippen LogP contribution in [0.5, 0.6) is 11.5 Å². The van der Waals surface area contributed by atoms with Gasteiger partial charge in [-0.05, 0) is 42.5 Å². The first-order valence-electron chi connectivity index (χ1n) is 9.30. The van der Waals surface area contributed by atoms with E-state index in [2.05, 4.69) is 13.8 Å². The zero-order valence-corrected chi connectivity index (χ0v) is 15.3. The van der Waals surface area contributed by atoms with Crippen molar-refractivity contribution in [3.8, 4) is 11.5 Å². The molecule has 0 N–H and O–H groups in total. The van der Waals surface area contributed by atoms with Gasteiger partial charge in [-0.15, -0.1) is 0 Å². The molecule has 0 saturated heterocycles. The third kappa shape index (κ3) is 6.26. The van der Waals surface area contributed by atoms with Crippen LogP contribution < -0.4 is 9.47 Å². The monoisotopic (exact) mass is 340 g/mol. The van der Waals surface area contributed by atoms with Crippen molar-refractivity contribution < 1.29 is 14.3 Å². The maximum absolute atomic E-state index is 12.2. The molecule has 0 saturated carbocycles. The van der Waals surface area contributed by atoms with Crippen LogP contribution in [0.4, 0.5) is 4.79 Å². The third-order valence-corrected chi connectivity index (χ3v) is 4.15. The van der Waals surface area contributed by atoms with Gasteiger partial charge in [0.05, 0.1) is 0 Å². The highest BCUT2D eigenvalue weighted by Crippen LogP contribution is 2.23. The molecule has 0 atom stereocenters. The van der Waals surface area contributed by atoms with Gasteiger partial charge in [0.2, 0.25) is 0 Å². The topological polar surface area (TPSA) is 35.5 Å². The lowest BCUT2D eigenvalue weighted by Crippen LogP contribution is -2.15. The summed E-state index contributed by atoms with van der Waals surface area (Å²) in [6.45, 7) is 4.30. The Bertz CT molecular complexity index is 664. The first-order valence-corrected chi connectivity index (χ1v) is 9.30. The molecule has 0 amide bonds. The molecule has 0 unspecified atom stereocenters. The molecule has 0 aromatic heterocycles. The van der Waals surface area contributed by atoms with Crippen LogP contribution in [0.1, 0.15) is 57.1 Å². The lowest BCUT2D eigenvalue weighted by atomic mass is 10.1. The van der Waals surface area contributed by atoms with Crippen molar-refractivity contribution in [2.75, 3.05) is 0 Å². The zero-order valence-electron chi connectivity index (χ0n) is 15.3. The molecule has 3 nitrogen and oxygen atoms in total. The van der Waals surface area contributed by atoms with E-state index in [0.29, 0.717) is 11.5 Å². The van der Waals surface area contributed by atoms with Gasteiger partial charge in [-0.3, -0.25) is 0 Å². The zero-order chi connectivity index (χ0) is 17.9. The van der Waals surface area contributed by atoms with Gasteiger partial charge in [0.1, 0.15) is 11.5 Å². The van der Waals surface area contributed by atoms with E-state index in [1.807, 2.05) is 48.5 Å². The fourth-order valence-electron chi connectivity index (χ4n) is 2.83. The standard InChI is InChI=1S/C22H28O3/c1-3-5-6-7-13-19-15-9-11-17-21(19)25-22(23)24-20-16-10-8-14-18(20)12-4-2/h8-11,14-17H,3-7,12-13H2,1-2H3. The SMILES string of the molecule is CCCCCCc1ccccc1OC(=O)Oc1ccccc1CCC. The highest BCUT2D eigenvalue weighted by Gasteiger charge is 2.13. The lowest BCUT2D eigenvalue weighted by molar-refractivity contribution is 0.151. The number of carbonyl (C=O) groups is 1. The van der Waals surface area contributed by atoms with E-state index in [4.69, 9.17) is 9.47 Å². The number of carbonyl (C=O) groups excluding carboxylic acids is 1. The highest BCUT2D eigenvalue weighted by atomic mass is 16.7. The summed E-state index contributed by atoms with van der Waals surface area (Å²) in [7, 11) is 0. The lowest BCUT2D eigenvalue weighted by Gasteiger charge is -2.12. The van der Waals surface area contributed by atoms with E-state index < -0.39 is 6.16 Å². The van der Waals surface area contributed by atoms with Gasteiger partial charge in [0.15, 0.2) is 0 Å². The molecule has 2 rings (SSSR count). The van der Waals surface area contributed by atoms with Crippen molar-refractivity contribution in [2.24, 2.45) is 0 Å². The van der Waals surface area contributed by atoms with E-state index >= 15 is 0 Å². The van der Waals surface area contributed by atoms with Crippen molar-refractivity contribution >= 4 is 6.16 Å². The Kier molecular flexibility index (Phi) is 8.03. The Morgan fingerprint density at radius 2 is 1.28 bits per heavy atom. The van der Waals surface area contributed by atoms with Gasteiger partial charge in [-0.25, -0.2) is 4.79 Å². The maximum atomic E-state index is 12.2. The Morgan fingerprint density at radius 1 is 0.720 bits per heavy atom. The molecule has 25 heavy (non-hydrogen) atoms. The Hall–Kier alpha value is -2.29. The van der Waals surface area contributed by atoms with Crippen LogP contribution in [-0.4, -0.2) is 6.16 Å². The van der Waals surface area contributed by atoms with Gasteiger partial charge in [0, 0.05) is 0 Å². The summed E-state index contributed by atoms with van der Waals surface area (Å²) < 4.78 is 10.9. The second-order valence-electron chi connectivity index (χ2n) is 6.23. The normalized spacial score (nSPS) is 10.5. The number of hydrogen-bond acceptors (Lipinski definition) is 3. The highest BCUT2D eigenvalue weighted by molar-refractivity contribution is 5.68. The first-order chi connectivity index (χ1) is 12.2. The van der Waals surface area contributed by atoms with E-state index in [1.54, 1.807) is 0 Å². The molecule has 0 fully saturated rings. The van der Waals surface area contributed by atoms with Crippen molar-refractivity contribution in [2.45, 2.75) is 58.8 Å². The van der Waals surface area contributed by atoms with Gasteiger partial charge >= 0.3 is 6.16 Å². The van der Waals surface area contributed by atoms with Gasteiger partial charge in [-0.2, -0.15) is 0 Å². The molecule has 0 spiro atoms. The second kappa shape index (κ2) is 10.5. The van der Waals surface area contributed by atoms with E-state index in [9.17, 15) is 4.79 Å². The smallest absolute Gasteiger partial charge is 0.394 e. The molecule has 0 bridgehead atoms. The van der Waals surface area contributed by atoms with Crippen molar-refractivity contribution in [3.05, 3.63) is 59.7 Å². The van der Waals surface area contributed by atoms with E-state index in [-0.39, 0.29) is 0 Å². The molecule has 0 radical (unpaired) electrons. The molecule has 0 aliphatic heterocycles. The average molecular weight is 340 g/mol. The van der Waals surface area contributed by atoms with Crippen LogP contribution >= 0.6 is 0 Å². The molecule has 0 heterocycles. The predicted octanol–water partition coefficient (Wildman–Crippen LogP) is 6.34. The number of aryl methyl sites for hydroxylation is 2. The van der Waals surface area contributed by atoms with Crippen LogP contribution in [-0.2, 0) is 12.8 Å². The number of unbranched alkanes of at least 4 members (excludes halogenated alkanes) is 3. The molecule has 0 aliphatic rings. The minimum Gasteiger partial charge on any atom is -0.394 e. The Balaban J connectivity index is 1.99. The summed E-state index contributed by atoms with van der Waals surface area (Å²) >= 11 is 0. The fourth-order valence-corrected chi connectivity index (χ4v) is 2.83. The number of para-hydroxylation sites is 2. The molecular weight excluding hydrogens is 312 g/mol. The van der Waals surface area contributed by atoms with E-state index in [0.717, 1.165) is 36.8 Å². The van der Waals surface area contributed by atoms with E-state index in [1.165, 1.54) is 19.3 Å². The number of hydrogen-bond donors (Lipinski definition) is 0. The molecular formula is C22H28O3. The van der Waals surface area contributed by atoms with Gasteiger partial charge in [-0.1, -0.05) is 75.9 Å². The molecule has 0 aliphatic carbocycles. The van der Waals surface area contributed by atoms with Crippen LogP contribution in [0, 0.1) is 0 Å². The number of ether oxygens (including phenoxy) is 2. The second-order valence-corrected chi connectivity index (χ2v) is 6.23. The molecule has 3 heteroatoms. The van der Waals surface area contributed by atoms with Crippen LogP contribution in [0.25, 0.3) is 0 Å². The Morgan fingerprint density at radius 3 is 1.84 bits per heavy atom. The minimum absolute atomic E-state index is 0.578. The van der Waals surface area contributed by atoms with Crippen molar-refractivity contribution in [1.82, 2.24) is 0 Å². The quantitative estimate of drug-likeness (QED) is 0.303. The number of rotatable bonds is 9. The van der Waals surface area contributed by atoms with Gasteiger partial charge in [0.25, 0.3) is 0 Å². The third-order valence-electron chi connectivity index (χ3n) is 4.15. The van der Waals surface area contributed by atoms with Crippen LogP contribution in [0.2, 0.25) is 0 Å². The van der Waals surface area contributed by atoms with Crippen LogP contribution in [0.15, 0.2) is 48.5 Å². The van der Waals surface area contributed by atoms with Gasteiger partial charge < -0.3 is 9.47 Å². The maximum Gasteiger partial charge on any atom is 0.519 e. The minimum atomic E-state index is -0.676. The Labute approximate surface area is 151 Å². The summed E-state index contributed by atoms with van der Waals surface area (Å²) in [5.41, 5.74) is 2.08. The summed E-state index contributed by atoms with van der Waals surface area (Å²) in [5.74, 6) is 1.17. The van der Waals surface area contributed by atoms with Crippen LogP contribution in [0.3, 0.4) is 0 Å². The summed E-state index contributed by atoms with van der Waals surface area (Å²) in [4.78, 5) is 12.2. The molecule has 2 aromatic carbocycles. The average Bonchev–Trinajstić information content (AvgIpc) is 2.62. The largest absolute Gasteiger partial charge is 0.519 e. The number of benzene rings is 2. The first kappa shape index (κ1) is 19.0. The predicted molar refractivity (Wildman–Crippen MR) is 101 cm³/mol. The van der Waals surface area contributed by atoms with Crippen molar-refractivity contribution in [3.63, 3.8) is 0 Å². The summed E-state index contributed by atoms with van der Waals surface area (Å²) in [5, 5.41) is 0. The molecule has 2 aromatic rings. The summed E-state index contributed by atoms with van der Waals surface area (Å²) in [6.07, 6.45) is 6.84. The van der Waals surface area contributed by atoms with Crippen molar-refractivity contribution in [1.29, 1.82) is 0 Å². The molecule has 134 valence electrons. The summed E-state index contributed by atoms with van der Waals surface area (Å²) in [6, 6.07) is 15.3.